The smallest absolute Gasteiger partial charge is 0.339 e. The summed E-state index contributed by atoms with van der Waals surface area (Å²) in [6.07, 6.45) is 1.50. The number of rotatable bonds is 6. The van der Waals surface area contributed by atoms with Gasteiger partial charge in [-0.25, -0.2) is 9.78 Å². The fraction of sp³-hybridized carbons (Fsp3) is 0.208. The topological polar surface area (TPSA) is 95.0 Å². The van der Waals surface area contributed by atoms with Crippen LogP contribution in [0.1, 0.15) is 20.7 Å². The molecular weight excluding hydrogens is 408 g/mol. The number of aromatic carboxylic acids is 1. The van der Waals surface area contributed by atoms with E-state index in [1.54, 1.807) is 31.4 Å². The van der Waals surface area contributed by atoms with Crippen molar-refractivity contribution in [1.29, 1.82) is 0 Å². The van der Waals surface area contributed by atoms with E-state index in [1.807, 2.05) is 35.2 Å². The minimum Gasteiger partial charge on any atom is -0.495 e. The predicted molar refractivity (Wildman–Crippen MR) is 123 cm³/mol. The molecule has 8 heteroatoms. The number of carbonyl (C=O) groups is 2. The molecule has 1 aromatic heterocycles. The third kappa shape index (κ3) is 4.49. The number of methoxy groups -OCH3 is 1. The molecule has 1 fully saturated rings. The van der Waals surface area contributed by atoms with E-state index in [-0.39, 0.29) is 11.5 Å². The Kier molecular flexibility index (Phi) is 6.21. The number of nitrogens with zero attached hydrogens (tertiary/aromatic N) is 3. The Bertz CT molecular complexity index is 1110. The molecule has 0 radical (unpaired) electrons. The molecule has 2 heterocycles. The van der Waals surface area contributed by atoms with Gasteiger partial charge in [-0.15, -0.1) is 0 Å². The molecule has 32 heavy (non-hydrogen) atoms. The van der Waals surface area contributed by atoms with E-state index in [9.17, 15) is 14.7 Å². The predicted octanol–water partition coefficient (Wildman–Crippen LogP) is 3.37. The van der Waals surface area contributed by atoms with Crippen LogP contribution in [0, 0.1) is 0 Å². The largest absolute Gasteiger partial charge is 0.495 e. The number of carboxylic acids is 1. The Balaban J connectivity index is 1.49. The van der Waals surface area contributed by atoms with Gasteiger partial charge in [0.2, 0.25) is 0 Å². The summed E-state index contributed by atoms with van der Waals surface area (Å²) in [5.41, 5.74) is 1.90. The molecule has 0 atom stereocenters. The lowest BCUT2D eigenvalue weighted by molar-refractivity contribution is 0.0696. The molecule has 0 bridgehead atoms. The van der Waals surface area contributed by atoms with Gasteiger partial charge in [0, 0.05) is 31.7 Å². The average Bonchev–Trinajstić information content (AvgIpc) is 2.84. The molecule has 0 aliphatic carbocycles. The number of carboxylic acid groups (broad SMARTS) is 1. The summed E-state index contributed by atoms with van der Waals surface area (Å²) in [7, 11) is 1.65. The molecule has 3 aromatic rings. The van der Waals surface area contributed by atoms with Gasteiger partial charge in [-0.1, -0.05) is 30.3 Å². The van der Waals surface area contributed by atoms with Crippen molar-refractivity contribution in [1.82, 2.24) is 4.98 Å². The van der Waals surface area contributed by atoms with Crippen LogP contribution < -0.4 is 19.9 Å². The average molecular weight is 432 g/mol. The van der Waals surface area contributed by atoms with Gasteiger partial charge in [0.25, 0.3) is 5.91 Å². The number of ether oxygens (including phenoxy) is 1. The lowest BCUT2D eigenvalue weighted by Crippen LogP contribution is -2.47. The molecule has 2 N–H and O–H groups in total. The number of piperazine rings is 1. The minimum atomic E-state index is -1.09. The first-order chi connectivity index (χ1) is 15.6. The number of pyridine rings is 1. The van der Waals surface area contributed by atoms with Crippen LogP contribution in [0.5, 0.6) is 5.75 Å². The number of hydrogen-bond acceptors (Lipinski definition) is 6. The molecule has 0 saturated carbocycles. The van der Waals surface area contributed by atoms with Crippen molar-refractivity contribution in [3.05, 3.63) is 78.0 Å². The van der Waals surface area contributed by atoms with Crippen LogP contribution in [-0.2, 0) is 0 Å². The molecule has 8 nitrogen and oxygen atoms in total. The zero-order valence-electron chi connectivity index (χ0n) is 17.7. The van der Waals surface area contributed by atoms with Crippen molar-refractivity contribution in [2.75, 3.05) is 48.4 Å². The van der Waals surface area contributed by atoms with Crippen LogP contribution in [-0.4, -0.2) is 55.3 Å². The van der Waals surface area contributed by atoms with Crippen LogP contribution in [0.2, 0.25) is 0 Å². The Morgan fingerprint density at radius 3 is 2.31 bits per heavy atom. The molecule has 4 rings (SSSR count). The number of aromatic nitrogens is 1. The number of anilines is 3. The molecule has 1 saturated heterocycles. The lowest BCUT2D eigenvalue weighted by atomic mass is 10.1. The van der Waals surface area contributed by atoms with E-state index >= 15 is 0 Å². The quantitative estimate of drug-likeness (QED) is 0.617. The van der Waals surface area contributed by atoms with Gasteiger partial charge in [-0.3, -0.25) is 4.79 Å². The second kappa shape index (κ2) is 9.38. The summed E-state index contributed by atoms with van der Waals surface area (Å²) in [5, 5.41) is 12.5. The van der Waals surface area contributed by atoms with Crippen molar-refractivity contribution < 1.29 is 19.4 Å². The van der Waals surface area contributed by atoms with Gasteiger partial charge in [0.1, 0.15) is 17.1 Å². The Morgan fingerprint density at radius 1 is 0.969 bits per heavy atom. The number of hydrogen-bond donors (Lipinski definition) is 2. The van der Waals surface area contributed by atoms with E-state index in [2.05, 4.69) is 15.2 Å². The van der Waals surface area contributed by atoms with Gasteiger partial charge >= 0.3 is 5.97 Å². The molecule has 0 unspecified atom stereocenters. The van der Waals surface area contributed by atoms with E-state index < -0.39 is 5.97 Å². The van der Waals surface area contributed by atoms with Crippen LogP contribution in [0.3, 0.4) is 0 Å². The zero-order valence-corrected chi connectivity index (χ0v) is 17.7. The van der Waals surface area contributed by atoms with Crippen molar-refractivity contribution >= 4 is 29.1 Å². The van der Waals surface area contributed by atoms with Crippen molar-refractivity contribution in [2.45, 2.75) is 0 Å². The number of amides is 1. The highest BCUT2D eigenvalue weighted by atomic mass is 16.5. The summed E-state index contributed by atoms with van der Waals surface area (Å²) in [6, 6.07) is 18.0. The SMILES string of the molecule is COc1ccccc1N1CCN(c2ncc(NC(=O)c3ccccc3)cc2C(=O)O)CC1. The van der Waals surface area contributed by atoms with Gasteiger partial charge in [-0.2, -0.15) is 0 Å². The maximum absolute atomic E-state index is 12.4. The summed E-state index contributed by atoms with van der Waals surface area (Å²) in [6.45, 7) is 2.63. The van der Waals surface area contributed by atoms with Crippen molar-refractivity contribution in [2.24, 2.45) is 0 Å². The van der Waals surface area contributed by atoms with Gasteiger partial charge in [-0.05, 0) is 30.3 Å². The van der Waals surface area contributed by atoms with Crippen LogP contribution in [0.15, 0.2) is 66.9 Å². The fourth-order valence-electron chi connectivity index (χ4n) is 3.78. The van der Waals surface area contributed by atoms with E-state index in [4.69, 9.17) is 4.74 Å². The van der Waals surface area contributed by atoms with Crippen LogP contribution >= 0.6 is 0 Å². The summed E-state index contributed by atoms with van der Waals surface area (Å²) in [5.74, 6) is -0.198. The third-order valence-electron chi connectivity index (χ3n) is 5.40. The molecular formula is C24H24N4O4. The normalized spacial score (nSPS) is 13.5. The van der Waals surface area contributed by atoms with E-state index in [0.717, 1.165) is 11.4 Å². The molecule has 0 spiro atoms. The highest BCUT2D eigenvalue weighted by molar-refractivity contribution is 6.05. The molecule has 1 amide bonds. The maximum atomic E-state index is 12.4. The van der Waals surface area contributed by atoms with Crippen LogP contribution in [0.4, 0.5) is 17.2 Å². The number of benzene rings is 2. The summed E-state index contributed by atoms with van der Waals surface area (Å²) >= 11 is 0. The fourth-order valence-corrected chi connectivity index (χ4v) is 3.78. The van der Waals surface area contributed by atoms with Gasteiger partial charge in [0.05, 0.1) is 24.7 Å². The Labute approximate surface area is 186 Å². The van der Waals surface area contributed by atoms with Gasteiger partial charge < -0.3 is 25.0 Å². The van der Waals surface area contributed by atoms with Crippen LogP contribution in [0.25, 0.3) is 0 Å². The highest BCUT2D eigenvalue weighted by Crippen LogP contribution is 2.30. The number of para-hydroxylation sites is 2. The first kappa shape index (κ1) is 21.2. The molecule has 164 valence electrons. The molecule has 1 aliphatic rings. The Hall–Kier alpha value is -4.07. The van der Waals surface area contributed by atoms with Crippen molar-refractivity contribution in [3.8, 4) is 5.75 Å². The number of carbonyl (C=O) groups excluding carboxylic acids is 1. The highest BCUT2D eigenvalue weighted by Gasteiger charge is 2.24. The minimum absolute atomic E-state index is 0.0570. The second-order valence-corrected chi connectivity index (χ2v) is 7.37. The van der Waals surface area contributed by atoms with E-state index in [0.29, 0.717) is 43.2 Å². The zero-order chi connectivity index (χ0) is 22.5. The number of nitrogens with one attached hydrogen (secondary N) is 1. The monoisotopic (exact) mass is 432 g/mol. The standard InChI is InChI=1S/C24H24N4O4/c1-32-21-10-6-5-9-20(21)27-11-13-28(14-12-27)22-19(24(30)31)15-18(16-25-22)26-23(29)17-7-3-2-4-8-17/h2-10,15-16H,11-14H2,1H3,(H,26,29)(H,30,31). The van der Waals surface area contributed by atoms with Gasteiger partial charge in [0.15, 0.2) is 0 Å². The lowest BCUT2D eigenvalue weighted by Gasteiger charge is -2.37. The summed E-state index contributed by atoms with van der Waals surface area (Å²) in [4.78, 5) is 32.9. The molecule has 2 aromatic carbocycles. The molecule has 1 aliphatic heterocycles. The van der Waals surface area contributed by atoms with E-state index in [1.165, 1.54) is 12.3 Å². The first-order valence-electron chi connectivity index (χ1n) is 10.3. The third-order valence-corrected chi connectivity index (χ3v) is 5.40. The maximum Gasteiger partial charge on any atom is 0.339 e. The first-order valence-corrected chi connectivity index (χ1v) is 10.3. The van der Waals surface area contributed by atoms with Crippen molar-refractivity contribution in [3.63, 3.8) is 0 Å². The summed E-state index contributed by atoms with van der Waals surface area (Å²) < 4.78 is 5.46. The second-order valence-electron chi connectivity index (χ2n) is 7.37. The Morgan fingerprint density at radius 2 is 1.62 bits per heavy atom.